The molecule has 4 N–H and O–H groups in total. The first-order chi connectivity index (χ1) is 30.4. The number of likely N-dealkylation sites (N-methyl/N-ethyl adjacent to an activating group) is 1. The zero-order chi connectivity index (χ0) is 49.5. The number of aliphatic hydroxyl groups excluding tert-OH is 2. The van der Waals surface area contributed by atoms with Crippen LogP contribution in [-0.2, 0) is 38.2 Å². The van der Waals surface area contributed by atoms with Crippen LogP contribution in [0.25, 0.3) is 0 Å². The van der Waals surface area contributed by atoms with Gasteiger partial charge in [-0.25, -0.2) is 0 Å². The molecule has 0 heterocycles. The Hall–Kier alpha value is -5.56. The van der Waals surface area contributed by atoms with Gasteiger partial charge in [0, 0.05) is 19.3 Å². The van der Waals surface area contributed by atoms with Gasteiger partial charge < -0.3 is 34.9 Å². The van der Waals surface area contributed by atoms with Crippen molar-refractivity contribution in [2.24, 2.45) is 10.8 Å². The number of aliphatic carboxylic acids is 1. The molecule has 2 aliphatic carbocycles. The van der Waals surface area contributed by atoms with Crippen molar-refractivity contribution in [2.75, 3.05) is 20.3 Å². The SMILES string of the molecule is CC1=C(/C=C/C(C)=C/C=C/C(C)=C/C=C/C=C(C)/C=C/C=C(C)/C=C/C2=C(C)C(=O)C(OC(=O)CCC(=O)O)CC2(C)C)C(C)(C)CC(OC(=O)CCC=O)C1=O.CNC(C)(CO)CO. The molecule has 0 radical (unpaired) electrons. The Kier molecular flexibility index (Phi) is 24.5. The monoisotopic (exact) mass is 900 g/mol. The second-order valence-electron chi connectivity index (χ2n) is 18.1. The van der Waals surface area contributed by atoms with Crippen LogP contribution < -0.4 is 5.32 Å². The molecule has 0 bridgehead atoms. The van der Waals surface area contributed by atoms with Crippen molar-refractivity contribution in [3.63, 3.8) is 0 Å². The van der Waals surface area contributed by atoms with Crippen molar-refractivity contribution >= 4 is 35.8 Å². The molecule has 0 fully saturated rings. The number of aliphatic hydroxyl groups is 2. The molecule has 12 nitrogen and oxygen atoms in total. The van der Waals surface area contributed by atoms with Gasteiger partial charge in [0.15, 0.2) is 23.8 Å². The number of carboxylic acids is 1. The summed E-state index contributed by atoms with van der Waals surface area (Å²) in [7, 11) is 1.70. The molecule has 12 heteroatoms. The van der Waals surface area contributed by atoms with E-state index in [1.165, 1.54) is 0 Å². The molecule has 0 saturated heterocycles. The normalized spacial score (nSPS) is 20.1. The van der Waals surface area contributed by atoms with E-state index < -0.39 is 41.1 Å². The fraction of sp³-hybridized carbons (Fsp3) is 0.472. The summed E-state index contributed by atoms with van der Waals surface area (Å²) in [5.41, 5.74) is 5.71. The van der Waals surface area contributed by atoms with Gasteiger partial charge in [0.05, 0.1) is 38.0 Å². The summed E-state index contributed by atoms with van der Waals surface area (Å²) in [5, 5.41) is 28.7. The molecular weight excluding hydrogens is 827 g/mol. The standard InChI is InChI=1S/C48H60O9.C5H13NO2/c1-32(18-13-20-34(3)23-25-38-36(5)45(54)40(30-47(38,7)8)56-43(52)22-15-29-49)16-11-12-17-33(2)19-14-21-35(4)24-26-39-37(6)46(55)41(31-48(39,9)10)57-44(53)28-27-42(50)51;1-5(3-7,4-8)6-2/h11-14,16-21,23-26,29,40-41H,15,22,27-28,30-31H2,1-10H3,(H,50,51);6-8H,3-4H2,1-2H3/b12-11+,18-13+,19-14+,25-23+,26-24+,32-16+,33-17+,34-20+,35-21+;. The number of hydrogen-bond donors (Lipinski definition) is 4. The number of carbonyl (C=O) groups excluding carboxylic acids is 5. The van der Waals surface area contributed by atoms with Crippen molar-refractivity contribution in [2.45, 2.75) is 132 Å². The Bertz CT molecular complexity index is 2060. The van der Waals surface area contributed by atoms with Gasteiger partial charge in [0.25, 0.3) is 0 Å². The molecule has 2 atom stereocenters. The highest BCUT2D eigenvalue weighted by molar-refractivity contribution is 6.02. The molecule has 65 heavy (non-hydrogen) atoms. The molecular formula is C53H73NO11. The topological polar surface area (TPSA) is 194 Å². The Balaban J connectivity index is 0.00000240. The van der Waals surface area contributed by atoms with Crippen molar-refractivity contribution in [1.29, 1.82) is 0 Å². The number of hydrogen-bond acceptors (Lipinski definition) is 11. The van der Waals surface area contributed by atoms with Crippen LogP contribution in [0.4, 0.5) is 0 Å². The van der Waals surface area contributed by atoms with Crippen LogP contribution in [0.15, 0.2) is 130 Å². The lowest BCUT2D eigenvalue weighted by Gasteiger charge is -2.36. The van der Waals surface area contributed by atoms with Crippen LogP contribution in [-0.4, -0.2) is 89.1 Å². The van der Waals surface area contributed by atoms with E-state index in [0.29, 0.717) is 30.3 Å². The van der Waals surface area contributed by atoms with Crippen LogP contribution in [0.2, 0.25) is 0 Å². The summed E-state index contributed by atoms with van der Waals surface area (Å²) in [6.45, 7) is 21.2. The zero-order valence-corrected chi connectivity index (χ0v) is 40.6. The van der Waals surface area contributed by atoms with E-state index in [-0.39, 0.29) is 55.9 Å². The second kappa shape index (κ2) is 27.7. The number of carbonyl (C=O) groups is 6. The lowest BCUT2D eigenvalue weighted by Crippen LogP contribution is -2.46. The third-order valence-electron chi connectivity index (χ3n) is 11.1. The van der Waals surface area contributed by atoms with Gasteiger partial charge >= 0.3 is 17.9 Å². The average Bonchev–Trinajstić information content (AvgIpc) is 3.24. The molecule has 2 unspecified atom stereocenters. The van der Waals surface area contributed by atoms with E-state index in [0.717, 1.165) is 33.4 Å². The lowest BCUT2D eigenvalue weighted by molar-refractivity contribution is -0.157. The minimum absolute atomic E-state index is 0.0286. The van der Waals surface area contributed by atoms with Gasteiger partial charge in [-0.3, -0.25) is 24.0 Å². The van der Waals surface area contributed by atoms with Gasteiger partial charge in [-0.15, -0.1) is 0 Å². The number of carboxylic acid groups (broad SMARTS) is 1. The second-order valence-corrected chi connectivity index (χ2v) is 18.1. The third-order valence-corrected chi connectivity index (χ3v) is 11.1. The maximum Gasteiger partial charge on any atom is 0.307 e. The van der Waals surface area contributed by atoms with Gasteiger partial charge in [-0.05, 0) is 88.6 Å². The van der Waals surface area contributed by atoms with Gasteiger partial charge in [-0.1, -0.05) is 135 Å². The van der Waals surface area contributed by atoms with E-state index in [1.54, 1.807) is 27.8 Å². The fourth-order valence-electron chi connectivity index (χ4n) is 6.79. The van der Waals surface area contributed by atoms with Crippen molar-refractivity contribution < 1.29 is 53.6 Å². The van der Waals surface area contributed by atoms with Gasteiger partial charge in [0.1, 0.15) is 6.29 Å². The molecule has 0 amide bonds. The summed E-state index contributed by atoms with van der Waals surface area (Å²) in [6, 6.07) is 0. The predicted octanol–water partition coefficient (Wildman–Crippen LogP) is 8.80. The molecule has 0 aromatic heterocycles. The molecule has 0 saturated carbocycles. The molecule has 356 valence electrons. The maximum absolute atomic E-state index is 13.0. The van der Waals surface area contributed by atoms with Crippen LogP contribution in [0.5, 0.6) is 0 Å². The third kappa shape index (κ3) is 20.4. The van der Waals surface area contributed by atoms with Gasteiger partial charge in [-0.2, -0.15) is 0 Å². The van der Waals surface area contributed by atoms with Crippen LogP contribution >= 0.6 is 0 Å². The van der Waals surface area contributed by atoms with Crippen LogP contribution in [0, 0.1) is 10.8 Å². The highest BCUT2D eigenvalue weighted by atomic mass is 16.6. The lowest BCUT2D eigenvalue weighted by atomic mass is 9.71. The summed E-state index contributed by atoms with van der Waals surface area (Å²) in [6.07, 6.45) is 26.8. The first kappa shape index (κ1) is 57.5. The van der Waals surface area contributed by atoms with Crippen LogP contribution in [0.3, 0.4) is 0 Å². The molecule has 0 spiro atoms. The molecule has 2 rings (SSSR count). The summed E-state index contributed by atoms with van der Waals surface area (Å²) < 4.78 is 10.8. The Morgan fingerprint density at radius 1 is 0.662 bits per heavy atom. The first-order valence-corrected chi connectivity index (χ1v) is 21.9. The maximum atomic E-state index is 13.0. The average molecular weight is 900 g/mol. The summed E-state index contributed by atoms with van der Waals surface area (Å²) in [4.78, 5) is 71.4. The number of nitrogens with one attached hydrogen (secondary N) is 1. The number of allylic oxidation sites excluding steroid dienone is 20. The highest BCUT2D eigenvalue weighted by Gasteiger charge is 2.41. The minimum atomic E-state index is -1.09. The number of Topliss-reactive ketones (excluding diaryl/α,β-unsaturated/α-hetero) is 2. The fourth-order valence-corrected chi connectivity index (χ4v) is 6.79. The summed E-state index contributed by atoms with van der Waals surface area (Å²) in [5.74, 6) is -2.77. The zero-order valence-electron chi connectivity index (χ0n) is 40.6. The minimum Gasteiger partial charge on any atom is -0.481 e. The van der Waals surface area contributed by atoms with E-state index in [4.69, 9.17) is 24.8 Å². The van der Waals surface area contributed by atoms with Crippen molar-refractivity contribution in [1.82, 2.24) is 5.32 Å². The Morgan fingerprint density at radius 2 is 1.03 bits per heavy atom. The number of esters is 2. The molecule has 0 aromatic carbocycles. The Morgan fingerprint density at radius 3 is 1.37 bits per heavy atom. The van der Waals surface area contributed by atoms with E-state index in [1.807, 2.05) is 140 Å². The quantitative estimate of drug-likeness (QED) is 0.0487. The largest absolute Gasteiger partial charge is 0.481 e. The van der Waals surface area contributed by atoms with Gasteiger partial charge in [0.2, 0.25) is 0 Å². The van der Waals surface area contributed by atoms with E-state index >= 15 is 0 Å². The van der Waals surface area contributed by atoms with E-state index in [2.05, 4.69) is 5.32 Å². The van der Waals surface area contributed by atoms with Crippen molar-refractivity contribution in [3.8, 4) is 0 Å². The number of ether oxygens (including phenoxy) is 2. The van der Waals surface area contributed by atoms with Crippen LogP contribution in [0.1, 0.15) is 115 Å². The number of rotatable bonds is 21. The summed E-state index contributed by atoms with van der Waals surface area (Å²) >= 11 is 0. The van der Waals surface area contributed by atoms with E-state index in [9.17, 15) is 28.8 Å². The molecule has 2 aliphatic rings. The number of ketones is 2. The van der Waals surface area contributed by atoms with Crippen molar-refractivity contribution in [3.05, 3.63) is 130 Å². The molecule has 0 aliphatic heterocycles. The Labute approximate surface area is 386 Å². The highest BCUT2D eigenvalue weighted by Crippen LogP contribution is 2.42. The number of aldehydes is 1. The molecule has 0 aromatic rings. The smallest absolute Gasteiger partial charge is 0.307 e. The first-order valence-electron chi connectivity index (χ1n) is 21.9. The predicted molar refractivity (Wildman–Crippen MR) is 257 cm³/mol.